The normalized spacial score (nSPS) is 10.4. The van der Waals surface area contributed by atoms with Gasteiger partial charge in [-0.25, -0.2) is 4.79 Å². The molecule has 3 heteroatoms. The van der Waals surface area contributed by atoms with Gasteiger partial charge in [0.25, 0.3) is 0 Å². The van der Waals surface area contributed by atoms with Crippen molar-refractivity contribution in [2.45, 2.75) is 12.3 Å². The van der Waals surface area contributed by atoms with Gasteiger partial charge in [0.1, 0.15) is 0 Å². The summed E-state index contributed by atoms with van der Waals surface area (Å²) >= 11 is 0. The molecule has 2 N–H and O–H groups in total. The first-order valence-electron chi connectivity index (χ1n) is 6.29. The molecule has 0 radical (unpaired) electrons. The Labute approximate surface area is 113 Å². The van der Waals surface area contributed by atoms with Gasteiger partial charge in [0.05, 0.1) is 6.61 Å². The van der Waals surface area contributed by atoms with Crippen LogP contribution in [-0.2, 0) is 4.74 Å². The van der Waals surface area contributed by atoms with Crippen molar-refractivity contribution in [1.82, 2.24) is 0 Å². The Morgan fingerprint density at radius 3 is 1.84 bits per heavy atom. The molecule has 98 valence electrons. The number of ether oxygens (including phenoxy) is 1. The maximum absolute atomic E-state index is 10.7. The van der Waals surface area contributed by atoms with Crippen molar-refractivity contribution >= 4 is 6.09 Å². The fourth-order valence-corrected chi connectivity index (χ4v) is 2.17. The molecule has 0 aliphatic rings. The molecule has 0 aliphatic heterocycles. The number of hydrogen-bond acceptors (Lipinski definition) is 2. The molecule has 19 heavy (non-hydrogen) atoms. The van der Waals surface area contributed by atoms with E-state index in [4.69, 9.17) is 10.5 Å². The van der Waals surface area contributed by atoms with Crippen molar-refractivity contribution in [3.05, 3.63) is 71.8 Å². The smallest absolute Gasteiger partial charge is 0.404 e. The summed E-state index contributed by atoms with van der Waals surface area (Å²) in [6.07, 6.45) is -0.00313. The van der Waals surface area contributed by atoms with Gasteiger partial charge in [-0.15, -0.1) is 0 Å². The molecular weight excluding hydrogens is 238 g/mol. The van der Waals surface area contributed by atoms with Crippen LogP contribution in [0, 0.1) is 0 Å². The number of benzene rings is 2. The fourth-order valence-electron chi connectivity index (χ4n) is 2.17. The minimum Gasteiger partial charge on any atom is -0.450 e. The highest BCUT2D eigenvalue weighted by molar-refractivity contribution is 5.64. The van der Waals surface area contributed by atoms with Crippen LogP contribution in [0.2, 0.25) is 0 Å². The van der Waals surface area contributed by atoms with E-state index >= 15 is 0 Å². The Morgan fingerprint density at radius 2 is 1.42 bits per heavy atom. The van der Waals surface area contributed by atoms with E-state index in [0.717, 1.165) is 6.42 Å². The minimum atomic E-state index is -0.722. The van der Waals surface area contributed by atoms with E-state index < -0.39 is 6.09 Å². The van der Waals surface area contributed by atoms with Gasteiger partial charge in [0.2, 0.25) is 0 Å². The minimum absolute atomic E-state index is 0.210. The van der Waals surface area contributed by atoms with Gasteiger partial charge in [-0.2, -0.15) is 0 Å². The molecule has 2 aromatic rings. The number of hydrogen-bond donors (Lipinski definition) is 1. The highest BCUT2D eigenvalue weighted by Gasteiger charge is 2.14. The van der Waals surface area contributed by atoms with Gasteiger partial charge in [0, 0.05) is 5.92 Å². The Bertz CT molecular complexity index is 471. The summed E-state index contributed by atoms with van der Waals surface area (Å²) < 4.78 is 4.85. The molecule has 0 fully saturated rings. The maximum Gasteiger partial charge on any atom is 0.404 e. The molecule has 0 spiro atoms. The summed E-state index contributed by atoms with van der Waals surface area (Å²) in [4.78, 5) is 10.7. The lowest BCUT2D eigenvalue weighted by atomic mass is 9.89. The molecule has 0 saturated carbocycles. The van der Waals surface area contributed by atoms with Crippen LogP contribution in [-0.4, -0.2) is 12.7 Å². The van der Waals surface area contributed by atoms with Gasteiger partial charge in [0.15, 0.2) is 0 Å². The van der Waals surface area contributed by atoms with Crippen molar-refractivity contribution < 1.29 is 9.53 Å². The Kier molecular flexibility index (Phi) is 4.56. The summed E-state index contributed by atoms with van der Waals surface area (Å²) in [5, 5.41) is 0. The van der Waals surface area contributed by atoms with E-state index in [2.05, 4.69) is 24.3 Å². The predicted octanol–water partition coefficient (Wildman–Crippen LogP) is 3.30. The third kappa shape index (κ3) is 3.85. The number of carbonyl (C=O) groups is 1. The van der Waals surface area contributed by atoms with E-state index in [1.807, 2.05) is 36.4 Å². The number of amides is 1. The summed E-state index contributed by atoms with van der Waals surface area (Å²) in [5.41, 5.74) is 7.41. The average Bonchev–Trinajstić information content (AvgIpc) is 2.45. The quantitative estimate of drug-likeness (QED) is 0.891. The molecule has 2 aromatic carbocycles. The van der Waals surface area contributed by atoms with Crippen LogP contribution in [0.5, 0.6) is 0 Å². The van der Waals surface area contributed by atoms with Gasteiger partial charge in [-0.1, -0.05) is 60.7 Å². The van der Waals surface area contributed by atoms with E-state index in [-0.39, 0.29) is 5.92 Å². The first-order chi connectivity index (χ1) is 9.27. The van der Waals surface area contributed by atoms with E-state index in [1.54, 1.807) is 0 Å². The third-order valence-corrected chi connectivity index (χ3v) is 3.05. The fraction of sp³-hybridized carbons (Fsp3) is 0.188. The van der Waals surface area contributed by atoms with Gasteiger partial charge >= 0.3 is 6.09 Å². The lowest BCUT2D eigenvalue weighted by Crippen LogP contribution is -2.15. The van der Waals surface area contributed by atoms with Crippen molar-refractivity contribution in [2.75, 3.05) is 6.61 Å². The summed E-state index contributed by atoms with van der Waals surface area (Å²) in [5.74, 6) is 0.210. The second kappa shape index (κ2) is 6.59. The second-order valence-electron chi connectivity index (χ2n) is 4.33. The molecule has 0 heterocycles. The van der Waals surface area contributed by atoms with E-state index in [1.165, 1.54) is 11.1 Å². The predicted molar refractivity (Wildman–Crippen MR) is 74.9 cm³/mol. The second-order valence-corrected chi connectivity index (χ2v) is 4.33. The van der Waals surface area contributed by atoms with E-state index in [0.29, 0.717) is 6.61 Å². The van der Waals surface area contributed by atoms with Crippen LogP contribution in [0.1, 0.15) is 23.5 Å². The highest BCUT2D eigenvalue weighted by atomic mass is 16.5. The van der Waals surface area contributed by atoms with Crippen LogP contribution in [0.25, 0.3) is 0 Å². The lowest BCUT2D eigenvalue weighted by molar-refractivity contribution is 0.154. The number of rotatable bonds is 5. The molecule has 0 saturated heterocycles. The van der Waals surface area contributed by atoms with Crippen molar-refractivity contribution in [3.63, 3.8) is 0 Å². The standard InChI is InChI=1S/C16H17NO2/c17-16(18)19-12-11-15(13-7-3-1-4-8-13)14-9-5-2-6-10-14/h1-10,15H,11-12H2,(H2,17,18). The van der Waals surface area contributed by atoms with Gasteiger partial charge < -0.3 is 10.5 Å². The molecular formula is C16H17NO2. The molecule has 0 bridgehead atoms. The molecule has 0 aromatic heterocycles. The molecule has 0 unspecified atom stereocenters. The molecule has 3 nitrogen and oxygen atoms in total. The molecule has 0 aliphatic carbocycles. The van der Waals surface area contributed by atoms with Crippen LogP contribution in [0.15, 0.2) is 60.7 Å². The zero-order chi connectivity index (χ0) is 13.5. The van der Waals surface area contributed by atoms with Crippen LogP contribution in [0.4, 0.5) is 4.79 Å². The van der Waals surface area contributed by atoms with E-state index in [9.17, 15) is 4.79 Å². The zero-order valence-electron chi connectivity index (χ0n) is 10.7. The first kappa shape index (κ1) is 13.1. The Morgan fingerprint density at radius 1 is 0.947 bits per heavy atom. The average molecular weight is 255 g/mol. The van der Waals surface area contributed by atoms with Crippen LogP contribution < -0.4 is 5.73 Å². The summed E-state index contributed by atoms with van der Waals surface area (Å²) in [6.45, 7) is 0.323. The van der Waals surface area contributed by atoms with Crippen molar-refractivity contribution in [3.8, 4) is 0 Å². The zero-order valence-corrected chi connectivity index (χ0v) is 10.7. The van der Waals surface area contributed by atoms with Gasteiger partial charge in [-0.05, 0) is 17.5 Å². The van der Waals surface area contributed by atoms with Crippen LogP contribution in [0.3, 0.4) is 0 Å². The number of carbonyl (C=O) groups excluding carboxylic acids is 1. The maximum atomic E-state index is 10.7. The Hall–Kier alpha value is -2.29. The summed E-state index contributed by atoms with van der Waals surface area (Å²) in [6, 6.07) is 20.4. The lowest BCUT2D eigenvalue weighted by Gasteiger charge is -2.17. The number of nitrogens with two attached hydrogens (primary N) is 1. The van der Waals surface area contributed by atoms with Gasteiger partial charge in [-0.3, -0.25) is 0 Å². The number of primary amides is 1. The monoisotopic (exact) mass is 255 g/mol. The summed E-state index contributed by atoms with van der Waals surface area (Å²) in [7, 11) is 0. The third-order valence-electron chi connectivity index (χ3n) is 3.05. The molecule has 1 amide bonds. The largest absolute Gasteiger partial charge is 0.450 e. The van der Waals surface area contributed by atoms with Crippen molar-refractivity contribution in [1.29, 1.82) is 0 Å². The van der Waals surface area contributed by atoms with Crippen molar-refractivity contribution in [2.24, 2.45) is 5.73 Å². The van der Waals surface area contributed by atoms with Crippen LogP contribution >= 0.6 is 0 Å². The first-order valence-corrected chi connectivity index (χ1v) is 6.29. The highest BCUT2D eigenvalue weighted by Crippen LogP contribution is 2.27. The molecule has 2 rings (SSSR count). The SMILES string of the molecule is NC(=O)OCCC(c1ccccc1)c1ccccc1. The molecule has 0 atom stereocenters. The topological polar surface area (TPSA) is 52.3 Å². The Balaban J connectivity index is 2.17.